The largest absolute Gasteiger partial charge is 0.497 e. The number of halogens is 1. The summed E-state index contributed by atoms with van der Waals surface area (Å²) in [6.45, 7) is 0.842. The number of nitrogens with one attached hydrogen (secondary N) is 1. The predicted molar refractivity (Wildman–Crippen MR) is 87.0 cm³/mol. The van der Waals surface area contributed by atoms with Crippen molar-refractivity contribution in [3.05, 3.63) is 64.7 Å². The zero-order chi connectivity index (χ0) is 14.7. The second-order valence-corrected chi connectivity index (χ2v) is 6.02. The molecule has 0 atom stereocenters. The molecule has 0 radical (unpaired) electrons. The summed E-state index contributed by atoms with van der Waals surface area (Å²) in [7, 11) is 1.72. The van der Waals surface area contributed by atoms with Crippen molar-refractivity contribution in [2.24, 2.45) is 0 Å². The van der Waals surface area contributed by atoms with E-state index < -0.39 is 0 Å². The Labute approximate surface area is 131 Å². The van der Waals surface area contributed by atoms with E-state index in [1.807, 2.05) is 24.3 Å². The first-order valence-corrected chi connectivity index (χ1v) is 7.75. The fourth-order valence-electron chi connectivity index (χ4n) is 2.85. The van der Waals surface area contributed by atoms with Crippen LogP contribution in [0.4, 0.5) is 0 Å². The van der Waals surface area contributed by atoms with Gasteiger partial charge in [-0.1, -0.05) is 41.9 Å². The molecule has 2 nitrogen and oxygen atoms in total. The molecule has 0 saturated heterocycles. The molecule has 1 N–H and O–H groups in total. The van der Waals surface area contributed by atoms with Gasteiger partial charge in [0.2, 0.25) is 0 Å². The first-order chi connectivity index (χ1) is 10.3. The van der Waals surface area contributed by atoms with E-state index in [-0.39, 0.29) is 0 Å². The first kappa shape index (κ1) is 14.4. The minimum atomic E-state index is 0.581. The van der Waals surface area contributed by atoms with Crippen LogP contribution in [-0.2, 0) is 6.54 Å². The zero-order valence-corrected chi connectivity index (χ0v) is 12.9. The van der Waals surface area contributed by atoms with Crippen molar-refractivity contribution in [2.45, 2.75) is 31.3 Å². The quantitative estimate of drug-likeness (QED) is 0.884. The molecule has 21 heavy (non-hydrogen) atoms. The highest BCUT2D eigenvalue weighted by Crippen LogP contribution is 2.38. The number of benzene rings is 2. The first-order valence-electron chi connectivity index (χ1n) is 7.37. The second-order valence-electron chi connectivity index (χ2n) is 5.61. The molecule has 0 amide bonds. The van der Waals surface area contributed by atoms with Crippen molar-refractivity contribution in [1.29, 1.82) is 0 Å². The third kappa shape index (κ3) is 3.39. The highest BCUT2D eigenvalue weighted by atomic mass is 35.5. The number of hydrogen-bond acceptors (Lipinski definition) is 2. The third-order valence-corrected chi connectivity index (χ3v) is 4.61. The van der Waals surface area contributed by atoms with Crippen LogP contribution < -0.4 is 10.1 Å². The lowest BCUT2D eigenvalue weighted by Gasteiger charge is -2.36. The molecule has 3 heteroatoms. The van der Waals surface area contributed by atoms with Crippen LogP contribution in [0.3, 0.4) is 0 Å². The summed E-state index contributed by atoms with van der Waals surface area (Å²) < 4.78 is 5.29. The second kappa shape index (κ2) is 6.50. The number of hydrogen-bond donors (Lipinski definition) is 1. The van der Waals surface area contributed by atoms with Crippen LogP contribution in [0.2, 0.25) is 5.02 Å². The van der Waals surface area contributed by atoms with Crippen LogP contribution in [0.15, 0.2) is 48.5 Å². The van der Waals surface area contributed by atoms with Gasteiger partial charge >= 0.3 is 0 Å². The van der Waals surface area contributed by atoms with Crippen molar-refractivity contribution in [2.75, 3.05) is 7.11 Å². The van der Waals surface area contributed by atoms with Crippen LogP contribution in [0, 0.1) is 0 Å². The number of ether oxygens (including phenoxy) is 1. The van der Waals surface area contributed by atoms with E-state index in [4.69, 9.17) is 16.3 Å². The van der Waals surface area contributed by atoms with Gasteiger partial charge in [0.25, 0.3) is 0 Å². The molecule has 3 rings (SSSR count). The van der Waals surface area contributed by atoms with Crippen LogP contribution in [-0.4, -0.2) is 13.2 Å². The van der Waals surface area contributed by atoms with Gasteiger partial charge in [0.15, 0.2) is 0 Å². The van der Waals surface area contributed by atoms with Gasteiger partial charge in [-0.25, -0.2) is 0 Å². The van der Waals surface area contributed by atoms with E-state index in [0.717, 1.165) is 17.3 Å². The summed E-state index contributed by atoms with van der Waals surface area (Å²) in [4.78, 5) is 0. The minimum absolute atomic E-state index is 0.581. The standard InChI is InChI=1S/C18H20ClNO/c1-21-17-7-4-6-13(11-17)15-9-16(10-15)20-12-14-5-2-3-8-18(14)19/h2-8,11,15-16,20H,9-10,12H2,1H3. The maximum Gasteiger partial charge on any atom is 0.119 e. The molecule has 0 unspecified atom stereocenters. The normalized spacial score (nSPS) is 20.9. The summed E-state index contributed by atoms with van der Waals surface area (Å²) >= 11 is 6.17. The smallest absolute Gasteiger partial charge is 0.119 e. The molecule has 1 aliphatic rings. The Morgan fingerprint density at radius 2 is 1.95 bits per heavy atom. The average molecular weight is 302 g/mol. The summed E-state index contributed by atoms with van der Waals surface area (Å²) in [5.74, 6) is 1.59. The fraction of sp³-hybridized carbons (Fsp3) is 0.333. The van der Waals surface area contributed by atoms with Gasteiger partial charge in [-0.05, 0) is 48.1 Å². The number of rotatable bonds is 5. The maximum absolute atomic E-state index is 6.17. The SMILES string of the molecule is COc1cccc(C2CC(NCc3ccccc3Cl)C2)c1. The van der Waals surface area contributed by atoms with Crippen molar-refractivity contribution >= 4 is 11.6 Å². The zero-order valence-electron chi connectivity index (χ0n) is 12.2. The Morgan fingerprint density at radius 1 is 1.14 bits per heavy atom. The molecule has 1 aliphatic carbocycles. The monoisotopic (exact) mass is 301 g/mol. The molecule has 0 heterocycles. The lowest BCUT2D eigenvalue weighted by molar-refractivity contribution is 0.289. The van der Waals surface area contributed by atoms with Crippen LogP contribution in [0.25, 0.3) is 0 Å². The van der Waals surface area contributed by atoms with Crippen LogP contribution in [0.1, 0.15) is 29.9 Å². The van der Waals surface area contributed by atoms with Gasteiger partial charge in [-0.3, -0.25) is 0 Å². The van der Waals surface area contributed by atoms with E-state index in [1.54, 1.807) is 7.11 Å². The molecule has 0 aliphatic heterocycles. The van der Waals surface area contributed by atoms with Crippen LogP contribution >= 0.6 is 11.6 Å². The van der Waals surface area contributed by atoms with Gasteiger partial charge in [0.1, 0.15) is 5.75 Å². The van der Waals surface area contributed by atoms with E-state index >= 15 is 0 Å². The Balaban J connectivity index is 1.51. The average Bonchev–Trinajstić information content (AvgIpc) is 2.47. The van der Waals surface area contributed by atoms with Crippen molar-refractivity contribution in [3.8, 4) is 5.75 Å². The Bertz CT molecular complexity index is 608. The Kier molecular flexibility index (Phi) is 4.47. The van der Waals surface area contributed by atoms with E-state index in [9.17, 15) is 0 Å². The lowest BCUT2D eigenvalue weighted by Crippen LogP contribution is -2.39. The van der Waals surface area contributed by atoms with Gasteiger partial charge in [-0.15, -0.1) is 0 Å². The molecule has 1 saturated carbocycles. The summed E-state index contributed by atoms with van der Waals surface area (Å²) in [6, 6.07) is 17.0. The van der Waals surface area contributed by atoms with E-state index in [1.165, 1.54) is 24.0 Å². The predicted octanol–water partition coefficient (Wildman–Crippen LogP) is 4.38. The summed E-state index contributed by atoms with van der Waals surface area (Å²) in [5, 5.41) is 4.43. The van der Waals surface area contributed by atoms with Gasteiger partial charge in [0, 0.05) is 17.6 Å². The van der Waals surface area contributed by atoms with Crippen molar-refractivity contribution in [3.63, 3.8) is 0 Å². The molecule has 0 aromatic heterocycles. The summed E-state index contributed by atoms with van der Waals surface area (Å²) in [6.07, 6.45) is 2.36. The maximum atomic E-state index is 6.17. The van der Waals surface area contributed by atoms with Crippen molar-refractivity contribution < 1.29 is 4.74 Å². The minimum Gasteiger partial charge on any atom is -0.497 e. The van der Waals surface area contributed by atoms with Crippen molar-refractivity contribution in [1.82, 2.24) is 5.32 Å². The molecule has 0 spiro atoms. The third-order valence-electron chi connectivity index (χ3n) is 4.24. The van der Waals surface area contributed by atoms with E-state index in [2.05, 4.69) is 29.6 Å². The van der Waals surface area contributed by atoms with Gasteiger partial charge in [-0.2, -0.15) is 0 Å². The Morgan fingerprint density at radius 3 is 2.71 bits per heavy atom. The molecule has 0 bridgehead atoms. The molecule has 2 aromatic rings. The summed E-state index contributed by atoms with van der Waals surface area (Å²) in [5.41, 5.74) is 2.55. The Hall–Kier alpha value is -1.51. The molecule has 1 fully saturated rings. The molecular formula is C18H20ClNO. The topological polar surface area (TPSA) is 21.3 Å². The molecule has 110 valence electrons. The molecular weight excluding hydrogens is 282 g/mol. The van der Waals surface area contributed by atoms with Crippen LogP contribution in [0.5, 0.6) is 5.75 Å². The van der Waals surface area contributed by atoms with Gasteiger partial charge < -0.3 is 10.1 Å². The fourth-order valence-corrected chi connectivity index (χ4v) is 3.05. The van der Waals surface area contributed by atoms with Gasteiger partial charge in [0.05, 0.1) is 7.11 Å². The molecule has 2 aromatic carbocycles. The highest BCUT2D eigenvalue weighted by molar-refractivity contribution is 6.31. The number of methoxy groups -OCH3 is 1. The highest BCUT2D eigenvalue weighted by Gasteiger charge is 2.30. The lowest BCUT2D eigenvalue weighted by atomic mass is 9.76. The van der Waals surface area contributed by atoms with E-state index in [0.29, 0.717) is 12.0 Å².